The molecule has 0 unspecified atom stereocenters. The average Bonchev–Trinajstić information content (AvgIpc) is 2.93. The third-order valence-electron chi connectivity index (χ3n) is 5.13. The molecule has 6 heteroatoms. The van der Waals surface area contributed by atoms with Crippen LogP contribution < -0.4 is 0 Å². The van der Waals surface area contributed by atoms with Crippen molar-refractivity contribution in [1.82, 2.24) is 4.57 Å². The summed E-state index contributed by atoms with van der Waals surface area (Å²) in [6.45, 7) is 7.51. The van der Waals surface area contributed by atoms with Crippen LogP contribution >= 0.6 is 11.6 Å². The van der Waals surface area contributed by atoms with Gasteiger partial charge in [0.15, 0.2) is 0 Å². The quantitative estimate of drug-likeness (QED) is 0.584. The Hall–Kier alpha value is -2.79. The van der Waals surface area contributed by atoms with E-state index < -0.39 is 0 Å². The van der Waals surface area contributed by atoms with Crippen LogP contribution in [-0.2, 0) is 16.0 Å². The van der Waals surface area contributed by atoms with Gasteiger partial charge in [0.25, 0.3) is 5.91 Å². The number of ether oxygens (including phenoxy) is 1. The van der Waals surface area contributed by atoms with Crippen molar-refractivity contribution in [2.45, 2.75) is 46.6 Å². The summed E-state index contributed by atoms with van der Waals surface area (Å²) in [5.74, 6) is -0.704. The summed E-state index contributed by atoms with van der Waals surface area (Å²) in [6.07, 6.45) is 0.532. The van der Waals surface area contributed by atoms with Crippen LogP contribution in [0.15, 0.2) is 36.4 Å². The number of hydrogen-bond acceptors (Lipinski definition) is 4. The topological polar surface area (TPSA) is 68.5 Å². The van der Waals surface area contributed by atoms with Gasteiger partial charge in [-0.25, -0.2) is 0 Å². The van der Waals surface area contributed by atoms with Gasteiger partial charge in [-0.2, -0.15) is 0 Å². The first-order valence-electron chi connectivity index (χ1n) is 9.56. The highest BCUT2D eigenvalue weighted by atomic mass is 35.5. The first-order chi connectivity index (χ1) is 13.7. The molecule has 29 heavy (non-hydrogen) atoms. The van der Waals surface area contributed by atoms with Gasteiger partial charge in [0, 0.05) is 16.6 Å². The lowest BCUT2D eigenvalue weighted by atomic mass is 10.1. The van der Waals surface area contributed by atoms with Gasteiger partial charge >= 0.3 is 5.97 Å². The third-order valence-corrected chi connectivity index (χ3v) is 5.44. The molecule has 0 bridgehead atoms. The largest absolute Gasteiger partial charge is 0.506 e. The molecule has 3 rings (SSSR count). The maximum Gasteiger partial charge on any atom is 0.310 e. The number of esters is 1. The van der Waals surface area contributed by atoms with Gasteiger partial charge in [0.05, 0.1) is 23.1 Å². The van der Waals surface area contributed by atoms with Gasteiger partial charge in [-0.15, -0.1) is 0 Å². The summed E-state index contributed by atoms with van der Waals surface area (Å²) >= 11 is 6.12. The standard InChI is InChI=1S/C23H24ClNO4/c1-5-14(3)29-22(27)11-17-15(4)25(20-12-19(24)21(26)10-18(17)20)23(28)16-8-6-13(2)7-9-16/h6-10,12,14,26H,5,11H2,1-4H3/t14-/m0/s1. The Labute approximate surface area is 174 Å². The van der Waals surface area contributed by atoms with Crippen LogP contribution in [-0.4, -0.2) is 27.7 Å². The van der Waals surface area contributed by atoms with Gasteiger partial charge in [-0.05, 0) is 57.0 Å². The number of hydrogen-bond donors (Lipinski definition) is 1. The molecule has 1 N–H and O–H groups in total. The molecule has 1 heterocycles. The van der Waals surface area contributed by atoms with Crippen LogP contribution in [0, 0.1) is 13.8 Å². The third kappa shape index (κ3) is 4.15. The zero-order valence-electron chi connectivity index (χ0n) is 17.0. The lowest BCUT2D eigenvalue weighted by molar-refractivity contribution is -0.147. The highest BCUT2D eigenvalue weighted by Gasteiger charge is 2.23. The first kappa shape index (κ1) is 20.9. The van der Waals surface area contributed by atoms with Crippen molar-refractivity contribution in [3.63, 3.8) is 0 Å². The number of carbonyl (C=O) groups is 2. The van der Waals surface area contributed by atoms with Crippen LogP contribution in [0.4, 0.5) is 0 Å². The number of aromatic nitrogens is 1. The van der Waals surface area contributed by atoms with Crippen molar-refractivity contribution >= 4 is 34.4 Å². The van der Waals surface area contributed by atoms with Crippen molar-refractivity contribution in [3.05, 3.63) is 63.8 Å². The first-order valence-corrected chi connectivity index (χ1v) is 9.94. The molecule has 0 spiro atoms. The summed E-state index contributed by atoms with van der Waals surface area (Å²) in [4.78, 5) is 25.7. The molecule has 0 aliphatic heterocycles. The van der Waals surface area contributed by atoms with E-state index in [2.05, 4.69) is 0 Å². The molecule has 0 saturated heterocycles. The van der Waals surface area contributed by atoms with Crippen LogP contribution in [0.5, 0.6) is 5.75 Å². The molecule has 2 aromatic carbocycles. The zero-order chi connectivity index (χ0) is 21.3. The minimum absolute atomic E-state index is 0.00191. The number of halogens is 1. The van der Waals surface area contributed by atoms with Crippen LogP contribution in [0.3, 0.4) is 0 Å². The second kappa shape index (κ2) is 8.29. The molecule has 1 atom stereocenters. The number of benzene rings is 2. The second-order valence-electron chi connectivity index (χ2n) is 7.28. The number of aromatic hydroxyl groups is 1. The van der Waals surface area contributed by atoms with Crippen molar-refractivity contribution in [1.29, 1.82) is 0 Å². The summed E-state index contributed by atoms with van der Waals surface area (Å²) in [6, 6.07) is 10.3. The number of carbonyl (C=O) groups excluding carboxylic acids is 2. The summed E-state index contributed by atoms with van der Waals surface area (Å²) in [5.41, 5.74) is 3.38. The molecular weight excluding hydrogens is 390 g/mol. The highest BCUT2D eigenvalue weighted by Crippen LogP contribution is 2.35. The summed E-state index contributed by atoms with van der Waals surface area (Å²) in [7, 11) is 0. The Morgan fingerprint density at radius 2 is 1.83 bits per heavy atom. The fourth-order valence-electron chi connectivity index (χ4n) is 3.29. The number of phenolic OH excluding ortho intramolecular Hbond substituents is 1. The predicted octanol–water partition coefficient (Wildman–Crippen LogP) is 5.19. The summed E-state index contributed by atoms with van der Waals surface area (Å²) < 4.78 is 6.95. The molecule has 0 amide bonds. The van der Waals surface area contributed by atoms with E-state index in [9.17, 15) is 14.7 Å². The number of aryl methyl sites for hydroxylation is 1. The normalized spacial score (nSPS) is 12.2. The predicted molar refractivity (Wildman–Crippen MR) is 114 cm³/mol. The van der Waals surface area contributed by atoms with Crippen LogP contribution in [0.25, 0.3) is 10.9 Å². The highest BCUT2D eigenvalue weighted by molar-refractivity contribution is 6.33. The fourth-order valence-corrected chi connectivity index (χ4v) is 3.45. The smallest absolute Gasteiger partial charge is 0.310 e. The lowest BCUT2D eigenvalue weighted by Gasteiger charge is -2.11. The van der Waals surface area contributed by atoms with Gasteiger partial charge in [-0.1, -0.05) is 36.2 Å². The van der Waals surface area contributed by atoms with Crippen molar-refractivity contribution in [2.75, 3.05) is 0 Å². The van der Waals surface area contributed by atoms with E-state index in [0.717, 1.165) is 12.0 Å². The molecule has 152 valence electrons. The fraction of sp³-hybridized carbons (Fsp3) is 0.304. The Balaban J connectivity index is 2.13. The van der Waals surface area contributed by atoms with E-state index in [0.29, 0.717) is 27.7 Å². The van der Waals surface area contributed by atoms with E-state index in [-0.39, 0.29) is 35.2 Å². The maximum absolute atomic E-state index is 13.3. The van der Waals surface area contributed by atoms with Crippen molar-refractivity contribution in [3.8, 4) is 5.75 Å². The zero-order valence-corrected chi connectivity index (χ0v) is 17.7. The molecule has 0 fully saturated rings. The molecule has 0 radical (unpaired) electrons. The number of rotatable bonds is 5. The summed E-state index contributed by atoms with van der Waals surface area (Å²) in [5, 5.41) is 10.8. The Bertz CT molecular complexity index is 1080. The Morgan fingerprint density at radius 3 is 2.45 bits per heavy atom. The Morgan fingerprint density at radius 1 is 1.17 bits per heavy atom. The van der Waals surface area contributed by atoms with E-state index in [1.807, 2.05) is 32.9 Å². The number of phenols is 1. The SMILES string of the molecule is CC[C@H](C)OC(=O)Cc1c(C)n(C(=O)c2ccc(C)cc2)c2cc(Cl)c(O)cc12. The average molecular weight is 414 g/mol. The molecule has 0 aliphatic carbocycles. The molecule has 1 aromatic heterocycles. The van der Waals surface area contributed by atoms with E-state index in [4.69, 9.17) is 16.3 Å². The molecule has 0 aliphatic rings. The van der Waals surface area contributed by atoms with Gasteiger partial charge in [-0.3, -0.25) is 14.2 Å². The van der Waals surface area contributed by atoms with Crippen molar-refractivity contribution < 1.29 is 19.4 Å². The minimum atomic E-state index is -0.376. The van der Waals surface area contributed by atoms with Crippen molar-refractivity contribution in [2.24, 2.45) is 0 Å². The second-order valence-corrected chi connectivity index (χ2v) is 7.68. The molecule has 0 saturated carbocycles. The molecule has 5 nitrogen and oxygen atoms in total. The minimum Gasteiger partial charge on any atom is -0.506 e. The van der Waals surface area contributed by atoms with Gasteiger partial charge in [0.2, 0.25) is 0 Å². The molecule has 3 aromatic rings. The maximum atomic E-state index is 13.3. The van der Waals surface area contributed by atoms with Crippen LogP contribution in [0.1, 0.15) is 47.4 Å². The van der Waals surface area contributed by atoms with Crippen LogP contribution in [0.2, 0.25) is 5.02 Å². The van der Waals surface area contributed by atoms with E-state index in [1.54, 1.807) is 25.1 Å². The van der Waals surface area contributed by atoms with Gasteiger partial charge in [0.1, 0.15) is 5.75 Å². The van der Waals surface area contributed by atoms with E-state index >= 15 is 0 Å². The number of nitrogens with zero attached hydrogens (tertiary/aromatic N) is 1. The van der Waals surface area contributed by atoms with E-state index in [1.165, 1.54) is 10.6 Å². The molecular formula is C23H24ClNO4. The lowest BCUT2D eigenvalue weighted by Crippen LogP contribution is -2.17. The monoisotopic (exact) mass is 413 g/mol. The Kier molecular flexibility index (Phi) is 5.99. The van der Waals surface area contributed by atoms with Gasteiger partial charge < -0.3 is 9.84 Å². The number of fused-ring (bicyclic) bond motifs is 1.